The van der Waals surface area contributed by atoms with Gasteiger partial charge in [-0.2, -0.15) is 0 Å². The van der Waals surface area contributed by atoms with Crippen LogP contribution in [0.4, 0.5) is 0 Å². The first-order chi connectivity index (χ1) is 7.83. The molecule has 0 spiro atoms. The van der Waals surface area contributed by atoms with E-state index >= 15 is 0 Å². The molecule has 0 saturated carbocycles. The summed E-state index contributed by atoms with van der Waals surface area (Å²) in [4.78, 5) is 0. The molecule has 3 heteroatoms. The highest BCUT2D eigenvalue weighted by atomic mass is 16.7. The van der Waals surface area contributed by atoms with E-state index in [0.29, 0.717) is 19.1 Å². The molecule has 0 N–H and O–H groups in total. The lowest BCUT2D eigenvalue weighted by Crippen LogP contribution is -2.25. The zero-order valence-electron chi connectivity index (χ0n) is 9.39. The van der Waals surface area contributed by atoms with Crippen LogP contribution in [0.25, 0.3) is 0 Å². The number of ether oxygens (including phenoxy) is 3. The third-order valence-electron chi connectivity index (χ3n) is 2.64. The van der Waals surface area contributed by atoms with Crippen molar-refractivity contribution in [1.82, 2.24) is 0 Å². The summed E-state index contributed by atoms with van der Waals surface area (Å²) in [5.41, 5.74) is 1.02. The topological polar surface area (TPSA) is 27.7 Å². The van der Waals surface area contributed by atoms with E-state index in [-0.39, 0.29) is 6.29 Å². The fourth-order valence-corrected chi connectivity index (χ4v) is 1.61. The molecular formula is C13H16O3. The van der Waals surface area contributed by atoms with Crippen molar-refractivity contribution in [2.45, 2.75) is 6.29 Å². The summed E-state index contributed by atoms with van der Waals surface area (Å²) >= 11 is 0. The van der Waals surface area contributed by atoms with Gasteiger partial charge in [0.1, 0.15) is 5.75 Å². The molecular weight excluding hydrogens is 204 g/mol. The average molecular weight is 220 g/mol. The quantitative estimate of drug-likeness (QED) is 0.733. The van der Waals surface area contributed by atoms with Crippen LogP contribution in [0, 0.1) is 5.92 Å². The molecule has 0 bridgehead atoms. The van der Waals surface area contributed by atoms with E-state index in [1.54, 1.807) is 7.11 Å². The van der Waals surface area contributed by atoms with Crippen molar-refractivity contribution in [3.63, 3.8) is 0 Å². The SMILES string of the molecule is C=CC1COC(c2ccc(OC)cc2)OC1. The average Bonchev–Trinajstić information content (AvgIpc) is 2.39. The van der Waals surface area contributed by atoms with E-state index in [0.717, 1.165) is 11.3 Å². The molecule has 3 nitrogen and oxygen atoms in total. The van der Waals surface area contributed by atoms with Gasteiger partial charge in [0.25, 0.3) is 0 Å². The normalized spacial score (nSPS) is 25.1. The molecule has 1 aliphatic rings. The lowest BCUT2D eigenvalue weighted by atomic mass is 10.1. The van der Waals surface area contributed by atoms with Gasteiger partial charge in [-0.1, -0.05) is 18.2 Å². The van der Waals surface area contributed by atoms with Gasteiger partial charge in [0.15, 0.2) is 6.29 Å². The third kappa shape index (κ3) is 2.43. The number of rotatable bonds is 3. The van der Waals surface area contributed by atoms with Gasteiger partial charge < -0.3 is 14.2 Å². The van der Waals surface area contributed by atoms with Crippen molar-refractivity contribution < 1.29 is 14.2 Å². The second-order valence-electron chi connectivity index (χ2n) is 3.77. The number of hydrogen-bond acceptors (Lipinski definition) is 3. The van der Waals surface area contributed by atoms with E-state index in [2.05, 4.69) is 6.58 Å². The monoisotopic (exact) mass is 220 g/mol. The van der Waals surface area contributed by atoms with Crippen LogP contribution in [-0.4, -0.2) is 20.3 Å². The zero-order valence-corrected chi connectivity index (χ0v) is 9.39. The fraction of sp³-hybridized carbons (Fsp3) is 0.385. The Kier molecular flexibility index (Phi) is 3.59. The molecule has 16 heavy (non-hydrogen) atoms. The third-order valence-corrected chi connectivity index (χ3v) is 2.64. The van der Waals surface area contributed by atoms with E-state index in [1.807, 2.05) is 30.3 Å². The standard InChI is InChI=1S/C13H16O3/c1-3-10-8-15-13(16-9-10)11-4-6-12(14-2)7-5-11/h3-7,10,13H,1,8-9H2,2H3. The minimum atomic E-state index is -0.262. The highest BCUT2D eigenvalue weighted by Crippen LogP contribution is 2.26. The lowest BCUT2D eigenvalue weighted by Gasteiger charge is -2.28. The van der Waals surface area contributed by atoms with E-state index < -0.39 is 0 Å². The van der Waals surface area contributed by atoms with Gasteiger partial charge in [0.05, 0.1) is 20.3 Å². The molecule has 1 aliphatic heterocycles. The van der Waals surface area contributed by atoms with Crippen LogP contribution in [0.2, 0.25) is 0 Å². The van der Waals surface area contributed by atoms with Gasteiger partial charge in [0, 0.05) is 11.5 Å². The van der Waals surface area contributed by atoms with Gasteiger partial charge in [-0.25, -0.2) is 0 Å². The highest BCUT2D eigenvalue weighted by molar-refractivity contribution is 5.27. The van der Waals surface area contributed by atoms with Gasteiger partial charge in [0.2, 0.25) is 0 Å². The predicted molar refractivity (Wildman–Crippen MR) is 61.3 cm³/mol. The van der Waals surface area contributed by atoms with Crippen LogP contribution >= 0.6 is 0 Å². The molecule has 1 fully saturated rings. The molecule has 2 rings (SSSR count). The molecule has 1 aromatic carbocycles. The van der Waals surface area contributed by atoms with Crippen LogP contribution in [-0.2, 0) is 9.47 Å². The molecule has 0 aliphatic carbocycles. The van der Waals surface area contributed by atoms with Crippen molar-refractivity contribution in [2.24, 2.45) is 5.92 Å². The van der Waals surface area contributed by atoms with Gasteiger partial charge in [-0.15, -0.1) is 6.58 Å². The molecule has 0 atom stereocenters. The van der Waals surface area contributed by atoms with Crippen LogP contribution in [0.1, 0.15) is 11.9 Å². The van der Waals surface area contributed by atoms with E-state index in [1.165, 1.54) is 0 Å². The Hall–Kier alpha value is -1.32. The summed E-state index contributed by atoms with van der Waals surface area (Å²) in [6.45, 7) is 5.06. The molecule has 1 heterocycles. The second-order valence-corrected chi connectivity index (χ2v) is 3.77. The van der Waals surface area contributed by atoms with Gasteiger partial charge in [-0.3, -0.25) is 0 Å². The minimum Gasteiger partial charge on any atom is -0.497 e. The number of methoxy groups -OCH3 is 1. The summed E-state index contributed by atoms with van der Waals surface area (Å²) < 4.78 is 16.3. The first-order valence-corrected chi connectivity index (χ1v) is 5.33. The smallest absolute Gasteiger partial charge is 0.183 e. The van der Waals surface area contributed by atoms with Crippen molar-refractivity contribution in [1.29, 1.82) is 0 Å². The second kappa shape index (κ2) is 5.14. The predicted octanol–water partition coefficient (Wildman–Crippen LogP) is 2.54. The van der Waals surface area contributed by atoms with E-state index in [9.17, 15) is 0 Å². The summed E-state index contributed by atoms with van der Waals surface area (Å²) in [5.74, 6) is 1.14. The first-order valence-electron chi connectivity index (χ1n) is 5.33. The Bertz CT molecular complexity index is 337. The Morgan fingerprint density at radius 1 is 1.25 bits per heavy atom. The zero-order chi connectivity index (χ0) is 11.4. The Balaban J connectivity index is 1.99. The summed E-state index contributed by atoms with van der Waals surface area (Å²) in [6, 6.07) is 7.72. The van der Waals surface area contributed by atoms with Crippen LogP contribution in [0.5, 0.6) is 5.75 Å². The van der Waals surface area contributed by atoms with Crippen molar-refractivity contribution >= 4 is 0 Å². The summed E-state index contributed by atoms with van der Waals surface area (Å²) in [5, 5.41) is 0. The van der Waals surface area contributed by atoms with Crippen molar-refractivity contribution in [3.8, 4) is 5.75 Å². The fourth-order valence-electron chi connectivity index (χ4n) is 1.61. The number of benzene rings is 1. The first kappa shape index (κ1) is 11.2. The Morgan fingerprint density at radius 3 is 2.38 bits per heavy atom. The summed E-state index contributed by atoms with van der Waals surface area (Å²) in [7, 11) is 1.65. The van der Waals surface area contributed by atoms with Crippen molar-refractivity contribution in [2.75, 3.05) is 20.3 Å². The Morgan fingerprint density at radius 2 is 1.88 bits per heavy atom. The lowest BCUT2D eigenvalue weighted by molar-refractivity contribution is -0.197. The van der Waals surface area contributed by atoms with Gasteiger partial charge >= 0.3 is 0 Å². The van der Waals surface area contributed by atoms with E-state index in [4.69, 9.17) is 14.2 Å². The maximum Gasteiger partial charge on any atom is 0.183 e. The summed E-state index contributed by atoms with van der Waals surface area (Å²) in [6.07, 6.45) is 1.60. The highest BCUT2D eigenvalue weighted by Gasteiger charge is 2.21. The Labute approximate surface area is 95.6 Å². The van der Waals surface area contributed by atoms with Crippen LogP contribution in [0.15, 0.2) is 36.9 Å². The molecule has 1 saturated heterocycles. The van der Waals surface area contributed by atoms with Crippen LogP contribution < -0.4 is 4.74 Å². The molecule has 0 aromatic heterocycles. The minimum absolute atomic E-state index is 0.262. The van der Waals surface area contributed by atoms with Gasteiger partial charge in [-0.05, 0) is 12.1 Å². The molecule has 0 unspecified atom stereocenters. The molecule has 0 amide bonds. The molecule has 0 radical (unpaired) electrons. The molecule has 1 aromatic rings. The maximum atomic E-state index is 5.61. The number of hydrogen-bond donors (Lipinski definition) is 0. The molecule has 86 valence electrons. The largest absolute Gasteiger partial charge is 0.497 e. The van der Waals surface area contributed by atoms with Crippen molar-refractivity contribution in [3.05, 3.63) is 42.5 Å². The van der Waals surface area contributed by atoms with Crippen LogP contribution in [0.3, 0.4) is 0 Å². The maximum absolute atomic E-state index is 5.61.